The summed E-state index contributed by atoms with van der Waals surface area (Å²) in [5, 5.41) is 13.5. The molecule has 1 N–H and O–H groups in total. The number of hydrogen-bond acceptors (Lipinski definition) is 8. The zero-order chi connectivity index (χ0) is 24.1. The summed E-state index contributed by atoms with van der Waals surface area (Å²) < 4.78 is 10.5. The van der Waals surface area contributed by atoms with Gasteiger partial charge in [-0.05, 0) is 64.0 Å². The molecular formula is C22H24N2O7S. The predicted molar refractivity (Wildman–Crippen MR) is 121 cm³/mol. The molecule has 2 rings (SSSR count). The van der Waals surface area contributed by atoms with E-state index in [0.717, 1.165) is 11.3 Å². The highest BCUT2D eigenvalue weighted by molar-refractivity contribution is 7.18. The summed E-state index contributed by atoms with van der Waals surface area (Å²) in [7, 11) is 0. The zero-order valence-corrected chi connectivity index (χ0v) is 19.2. The Bertz CT molecular complexity index is 1060. The lowest BCUT2D eigenvalue weighted by molar-refractivity contribution is -0.384. The number of carbonyl (C=O) groups is 3. The Hall–Kier alpha value is -3.53. The molecule has 0 aliphatic carbocycles. The first-order chi connectivity index (χ1) is 14.9. The molecule has 32 heavy (non-hydrogen) atoms. The Kier molecular flexibility index (Phi) is 7.87. The second kappa shape index (κ2) is 10.2. The summed E-state index contributed by atoms with van der Waals surface area (Å²) in [5.41, 5.74) is 0.240. The molecule has 0 bridgehead atoms. The lowest BCUT2D eigenvalue weighted by atomic mass is 10.1. The van der Waals surface area contributed by atoms with Crippen molar-refractivity contribution < 1.29 is 28.8 Å². The number of nitrogens with one attached hydrogen (secondary N) is 1. The molecule has 1 aromatic heterocycles. The summed E-state index contributed by atoms with van der Waals surface area (Å²) in [4.78, 5) is 47.9. The van der Waals surface area contributed by atoms with Crippen LogP contribution in [0.4, 0.5) is 10.7 Å². The van der Waals surface area contributed by atoms with Crippen molar-refractivity contribution >= 4 is 45.9 Å². The van der Waals surface area contributed by atoms with E-state index in [4.69, 9.17) is 9.47 Å². The second-order valence-corrected chi connectivity index (χ2v) is 8.67. The first-order valence-electron chi connectivity index (χ1n) is 9.70. The minimum atomic E-state index is -0.728. The van der Waals surface area contributed by atoms with Gasteiger partial charge in [0.05, 0.1) is 17.1 Å². The van der Waals surface area contributed by atoms with Crippen LogP contribution in [0.25, 0.3) is 6.08 Å². The zero-order valence-electron chi connectivity index (χ0n) is 18.4. The normalized spacial score (nSPS) is 11.3. The van der Waals surface area contributed by atoms with Gasteiger partial charge in [-0.3, -0.25) is 14.9 Å². The molecule has 1 amide bonds. The molecule has 0 aliphatic rings. The van der Waals surface area contributed by atoms with Gasteiger partial charge in [-0.25, -0.2) is 9.59 Å². The van der Waals surface area contributed by atoms with Gasteiger partial charge in [0.1, 0.15) is 15.5 Å². The van der Waals surface area contributed by atoms with Crippen molar-refractivity contribution in [2.75, 3.05) is 11.9 Å². The topological polar surface area (TPSA) is 125 Å². The van der Waals surface area contributed by atoms with Crippen LogP contribution in [0.1, 0.15) is 58.9 Å². The number of esters is 2. The highest BCUT2D eigenvalue weighted by Gasteiger charge is 2.29. The fraction of sp³-hybridized carbons (Fsp3) is 0.318. The number of benzene rings is 1. The van der Waals surface area contributed by atoms with Crippen LogP contribution < -0.4 is 5.32 Å². The number of carbonyl (C=O) groups excluding carboxylic acids is 3. The van der Waals surface area contributed by atoms with Gasteiger partial charge in [0, 0.05) is 18.2 Å². The molecule has 0 atom stereocenters. The Morgan fingerprint density at radius 1 is 1.16 bits per heavy atom. The van der Waals surface area contributed by atoms with Crippen LogP contribution in [0.5, 0.6) is 0 Å². The summed E-state index contributed by atoms with van der Waals surface area (Å²) in [6, 6.07) is 5.65. The molecule has 0 saturated heterocycles. The Labute approximate surface area is 189 Å². The van der Waals surface area contributed by atoms with E-state index < -0.39 is 28.4 Å². The van der Waals surface area contributed by atoms with Crippen molar-refractivity contribution in [2.24, 2.45) is 0 Å². The Morgan fingerprint density at radius 3 is 2.31 bits per heavy atom. The Balaban J connectivity index is 2.29. The summed E-state index contributed by atoms with van der Waals surface area (Å²) in [5.74, 6) is -1.82. The highest BCUT2D eigenvalue weighted by atomic mass is 32.1. The third-order valence-electron chi connectivity index (χ3n) is 3.98. The maximum atomic E-state index is 12.6. The molecule has 170 valence electrons. The van der Waals surface area contributed by atoms with Crippen molar-refractivity contribution in [3.63, 3.8) is 0 Å². The number of amides is 1. The van der Waals surface area contributed by atoms with Crippen LogP contribution in [0, 0.1) is 17.0 Å². The number of rotatable bonds is 7. The number of nitrogens with zero attached hydrogens (tertiary/aromatic N) is 1. The summed E-state index contributed by atoms with van der Waals surface area (Å²) in [6.45, 7) is 8.55. The number of hydrogen-bond donors (Lipinski definition) is 1. The molecule has 1 heterocycles. The SMILES string of the molecule is CCOC(=O)c1c(NC(=O)/C=C/c2ccc([N+](=O)[O-])cc2)sc(C(=O)OC(C)(C)C)c1C. The molecule has 0 spiro atoms. The number of nitro groups is 1. The van der Waals surface area contributed by atoms with E-state index in [1.807, 2.05) is 0 Å². The van der Waals surface area contributed by atoms with Crippen LogP contribution in [0.15, 0.2) is 30.3 Å². The van der Waals surface area contributed by atoms with E-state index in [9.17, 15) is 24.5 Å². The number of anilines is 1. The number of thiophene rings is 1. The van der Waals surface area contributed by atoms with E-state index in [-0.39, 0.29) is 27.7 Å². The van der Waals surface area contributed by atoms with Gasteiger partial charge in [0.25, 0.3) is 5.69 Å². The molecule has 0 fully saturated rings. The van der Waals surface area contributed by atoms with E-state index in [1.165, 1.54) is 36.4 Å². The van der Waals surface area contributed by atoms with E-state index >= 15 is 0 Å². The first-order valence-corrected chi connectivity index (χ1v) is 10.5. The minimum Gasteiger partial charge on any atom is -0.462 e. The van der Waals surface area contributed by atoms with Crippen molar-refractivity contribution in [3.05, 3.63) is 62.0 Å². The third-order valence-corrected chi connectivity index (χ3v) is 5.17. The van der Waals surface area contributed by atoms with Crippen LogP contribution in [-0.4, -0.2) is 35.0 Å². The highest BCUT2D eigenvalue weighted by Crippen LogP contribution is 2.35. The van der Waals surface area contributed by atoms with Crippen molar-refractivity contribution in [2.45, 2.75) is 40.2 Å². The largest absolute Gasteiger partial charge is 0.462 e. The number of nitro benzene ring substituents is 1. The third kappa shape index (κ3) is 6.48. The molecule has 2 aromatic rings. The molecule has 0 radical (unpaired) electrons. The quantitative estimate of drug-likeness (QED) is 0.274. The first kappa shape index (κ1) is 24.7. The fourth-order valence-electron chi connectivity index (χ4n) is 2.60. The second-order valence-electron chi connectivity index (χ2n) is 7.65. The molecular weight excluding hydrogens is 436 g/mol. The molecule has 0 saturated carbocycles. The van der Waals surface area contributed by atoms with E-state index in [1.54, 1.807) is 34.6 Å². The fourth-order valence-corrected chi connectivity index (χ4v) is 3.68. The monoisotopic (exact) mass is 460 g/mol. The van der Waals surface area contributed by atoms with E-state index in [0.29, 0.717) is 11.1 Å². The number of non-ortho nitro benzene ring substituents is 1. The predicted octanol–water partition coefficient (Wildman–Crippen LogP) is 4.75. The van der Waals surface area contributed by atoms with Crippen molar-refractivity contribution in [1.82, 2.24) is 0 Å². The van der Waals surface area contributed by atoms with Crippen LogP contribution in [0.3, 0.4) is 0 Å². The van der Waals surface area contributed by atoms with Crippen LogP contribution >= 0.6 is 11.3 Å². The van der Waals surface area contributed by atoms with Crippen molar-refractivity contribution in [3.8, 4) is 0 Å². The molecule has 0 aliphatic heterocycles. The van der Waals surface area contributed by atoms with Crippen molar-refractivity contribution in [1.29, 1.82) is 0 Å². The summed E-state index contributed by atoms with van der Waals surface area (Å²) >= 11 is 0.928. The van der Waals surface area contributed by atoms with Gasteiger partial charge >= 0.3 is 11.9 Å². The molecule has 10 heteroatoms. The van der Waals surface area contributed by atoms with Gasteiger partial charge in [-0.1, -0.05) is 0 Å². The van der Waals surface area contributed by atoms with Gasteiger partial charge in [-0.2, -0.15) is 0 Å². The standard InChI is InChI=1S/C22H24N2O7S/c1-6-30-20(26)17-13(2)18(21(27)31-22(3,4)5)32-19(17)23-16(25)12-9-14-7-10-15(11-8-14)24(28)29/h7-12H,6H2,1-5H3,(H,23,25)/b12-9+. The lowest BCUT2D eigenvalue weighted by Crippen LogP contribution is -2.23. The molecule has 9 nitrogen and oxygen atoms in total. The van der Waals surface area contributed by atoms with Gasteiger partial charge in [0.2, 0.25) is 5.91 Å². The van der Waals surface area contributed by atoms with Crippen LogP contribution in [0.2, 0.25) is 0 Å². The lowest BCUT2D eigenvalue weighted by Gasteiger charge is -2.19. The van der Waals surface area contributed by atoms with Crippen LogP contribution in [-0.2, 0) is 14.3 Å². The maximum Gasteiger partial charge on any atom is 0.349 e. The van der Waals surface area contributed by atoms with E-state index in [2.05, 4.69) is 5.32 Å². The number of ether oxygens (including phenoxy) is 2. The smallest absolute Gasteiger partial charge is 0.349 e. The average molecular weight is 461 g/mol. The molecule has 1 aromatic carbocycles. The molecule has 0 unspecified atom stereocenters. The van der Waals surface area contributed by atoms with Gasteiger partial charge in [0.15, 0.2) is 0 Å². The minimum absolute atomic E-state index is 0.0607. The van der Waals surface area contributed by atoms with Gasteiger partial charge < -0.3 is 14.8 Å². The average Bonchev–Trinajstić information content (AvgIpc) is 3.01. The summed E-state index contributed by atoms with van der Waals surface area (Å²) in [6.07, 6.45) is 2.69. The van der Waals surface area contributed by atoms with Gasteiger partial charge in [-0.15, -0.1) is 11.3 Å². The maximum absolute atomic E-state index is 12.6. The Morgan fingerprint density at radius 2 is 1.78 bits per heavy atom.